The number of nitriles is 1. The summed E-state index contributed by atoms with van der Waals surface area (Å²) >= 11 is 0. The van der Waals surface area contributed by atoms with Gasteiger partial charge in [0.15, 0.2) is 7.29 Å². The molecular formula is C18H36N2O4P2. The van der Waals surface area contributed by atoms with Crippen LogP contribution in [0.1, 0.15) is 59.8 Å². The molecule has 0 aliphatic heterocycles. The molecule has 1 aliphatic carbocycles. The Morgan fingerprint density at radius 3 is 1.92 bits per heavy atom. The second-order valence-corrected chi connectivity index (χ2v) is 14.3. The third-order valence-corrected chi connectivity index (χ3v) is 12.3. The minimum Gasteiger partial charge on any atom is -0.312 e. The Hall–Kier alpha value is -0.170. The molecular weight excluding hydrogens is 370 g/mol. The summed E-state index contributed by atoms with van der Waals surface area (Å²) in [6.07, 6.45) is 3.81. The van der Waals surface area contributed by atoms with Gasteiger partial charge in [-0.05, 0) is 31.6 Å². The number of hydrogen-bond donors (Lipinski definition) is 0. The van der Waals surface area contributed by atoms with Crippen LogP contribution in [0.25, 0.3) is 0 Å². The van der Waals surface area contributed by atoms with Gasteiger partial charge in [-0.1, -0.05) is 27.7 Å². The molecule has 0 spiro atoms. The van der Waals surface area contributed by atoms with Gasteiger partial charge in [-0.2, -0.15) is 5.26 Å². The predicted molar refractivity (Wildman–Crippen MR) is 107 cm³/mol. The molecule has 0 aromatic carbocycles. The molecule has 1 saturated carbocycles. The summed E-state index contributed by atoms with van der Waals surface area (Å²) in [6.45, 7) is 9.37. The normalized spacial score (nSPS) is 22.2. The lowest BCUT2D eigenvalue weighted by molar-refractivity contribution is 0.232. The van der Waals surface area contributed by atoms with Crippen molar-refractivity contribution in [1.29, 1.82) is 5.26 Å². The van der Waals surface area contributed by atoms with Crippen molar-refractivity contribution in [1.82, 2.24) is 4.67 Å². The quantitative estimate of drug-likeness (QED) is 0.456. The third-order valence-electron chi connectivity index (χ3n) is 5.64. The molecule has 152 valence electrons. The van der Waals surface area contributed by atoms with Crippen LogP contribution < -0.4 is 0 Å². The van der Waals surface area contributed by atoms with Crippen LogP contribution >= 0.6 is 14.9 Å². The van der Waals surface area contributed by atoms with Crippen LogP contribution in [0, 0.1) is 17.2 Å². The van der Waals surface area contributed by atoms with Crippen LogP contribution in [0.3, 0.4) is 0 Å². The Labute approximate surface area is 159 Å². The van der Waals surface area contributed by atoms with Gasteiger partial charge in [0.25, 0.3) is 0 Å². The molecule has 0 N–H and O–H groups in total. The van der Waals surface area contributed by atoms with Crippen LogP contribution in [0.2, 0.25) is 0 Å². The zero-order valence-electron chi connectivity index (χ0n) is 17.2. The van der Waals surface area contributed by atoms with E-state index in [1.54, 1.807) is 0 Å². The van der Waals surface area contributed by atoms with Gasteiger partial charge in [0.05, 0.1) is 11.7 Å². The van der Waals surface area contributed by atoms with Gasteiger partial charge in [0.2, 0.25) is 0 Å². The fourth-order valence-corrected chi connectivity index (χ4v) is 9.19. The van der Waals surface area contributed by atoms with E-state index >= 15 is 0 Å². The molecule has 6 nitrogen and oxygen atoms in total. The third kappa shape index (κ3) is 5.43. The van der Waals surface area contributed by atoms with Crippen molar-refractivity contribution < 1.29 is 18.2 Å². The minimum absolute atomic E-state index is 0.0525. The summed E-state index contributed by atoms with van der Waals surface area (Å²) in [7, 11) is -2.67. The highest BCUT2D eigenvalue weighted by Crippen LogP contribution is 2.60. The first-order valence-electron chi connectivity index (χ1n) is 9.58. The maximum atomic E-state index is 13.7. The molecule has 0 bridgehead atoms. The average Bonchev–Trinajstić information content (AvgIpc) is 2.63. The van der Waals surface area contributed by atoms with Crippen molar-refractivity contribution in [3.8, 4) is 6.07 Å². The van der Waals surface area contributed by atoms with E-state index < -0.39 is 14.9 Å². The Bertz CT molecular complexity index is 546. The highest BCUT2D eigenvalue weighted by Gasteiger charge is 2.40. The molecule has 0 aromatic heterocycles. The summed E-state index contributed by atoms with van der Waals surface area (Å²) in [5.41, 5.74) is 0.0859. The standard InChI is InChI=1S/C18H36N2O4P2/c1-15(2)25(21,16(3)4)20(13-7-12-19)14-17-8-10-18(11-9-17)26(22,23-5)24-6/h15-18H,7-11,13-14H2,1-6H3. The second kappa shape index (κ2) is 10.4. The van der Waals surface area contributed by atoms with E-state index in [-0.39, 0.29) is 17.0 Å². The van der Waals surface area contributed by atoms with Gasteiger partial charge >= 0.3 is 7.60 Å². The zero-order valence-corrected chi connectivity index (χ0v) is 19.0. The van der Waals surface area contributed by atoms with E-state index in [0.29, 0.717) is 18.9 Å². The Balaban J connectivity index is 2.84. The molecule has 0 saturated heterocycles. The Morgan fingerprint density at radius 2 is 1.54 bits per heavy atom. The summed E-state index contributed by atoms with van der Waals surface area (Å²) in [5, 5.41) is 9.02. The molecule has 0 amide bonds. The SMILES string of the molecule is COP(=O)(OC)C1CCC(CN(CCC#N)P(=O)(C(C)C)C(C)C)CC1. The maximum Gasteiger partial charge on any atom is 0.333 e. The molecule has 0 aromatic rings. The van der Waals surface area contributed by atoms with E-state index in [1.165, 1.54) is 14.2 Å². The fraction of sp³-hybridized carbons (Fsp3) is 0.944. The second-order valence-electron chi connectivity index (χ2n) is 7.76. The van der Waals surface area contributed by atoms with Crippen LogP contribution in [-0.4, -0.2) is 49.0 Å². The fourth-order valence-electron chi connectivity index (χ4n) is 4.12. The minimum atomic E-state index is -3.01. The highest BCUT2D eigenvalue weighted by molar-refractivity contribution is 7.62. The molecule has 1 fully saturated rings. The summed E-state index contributed by atoms with van der Waals surface area (Å²) in [4.78, 5) is 0. The van der Waals surface area contributed by atoms with Gasteiger partial charge in [-0.3, -0.25) is 9.24 Å². The van der Waals surface area contributed by atoms with Gasteiger partial charge in [0, 0.05) is 45.0 Å². The lowest BCUT2D eigenvalue weighted by atomic mass is 9.89. The first kappa shape index (κ1) is 23.9. The van der Waals surface area contributed by atoms with E-state index in [4.69, 9.17) is 14.3 Å². The van der Waals surface area contributed by atoms with Gasteiger partial charge in [-0.25, -0.2) is 0 Å². The van der Waals surface area contributed by atoms with Gasteiger partial charge in [-0.15, -0.1) is 0 Å². The lowest BCUT2D eigenvalue weighted by Crippen LogP contribution is -2.35. The van der Waals surface area contributed by atoms with Crippen molar-refractivity contribution >= 4 is 14.9 Å². The molecule has 1 aliphatic rings. The van der Waals surface area contributed by atoms with Crippen LogP contribution in [0.15, 0.2) is 0 Å². The number of nitrogens with zero attached hydrogens (tertiary/aromatic N) is 2. The van der Waals surface area contributed by atoms with Crippen LogP contribution in [-0.2, 0) is 18.2 Å². The molecule has 0 unspecified atom stereocenters. The average molecular weight is 406 g/mol. The highest BCUT2D eigenvalue weighted by atomic mass is 31.2. The van der Waals surface area contributed by atoms with E-state index in [0.717, 1.165) is 32.2 Å². The Morgan fingerprint density at radius 1 is 1.04 bits per heavy atom. The molecule has 1 rings (SSSR count). The Kier molecular flexibility index (Phi) is 9.54. The van der Waals surface area contributed by atoms with Crippen LogP contribution in [0.5, 0.6) is 0 Å². The summed E-state index contributed by atoms with van der Waals surface area (Å²) in [6, 6.07) is 2.19. The first-order valence-corrected chi connectivity index (χ1v) is 13.0. The number of hydrogen-bond acceptors (Lipinski definition) is 5. The molecule has 26 heavy (non-hydrogen) atoms. The first-order chi connectivity index (χ1) is 12.2. The zero-order chi connectivity index (χ0) is 20.0. The number of rotatable bonds is 10. The summed E-state index contributed by atoms with van der Waals surface area (Å²) in [5.74, 6) is 0.401. The van der Waals surface area contributed by atoms with Crippen molar-refractivity contribution in [2.24, 2.45) is 5.92 Å². The van der Waals surface area contributed by atoms with E-state index in [9.17, 15) is 9.13 Å². The van der Waals surface area contributed by atoms with Crippen molar-refractivity contribution in [2.45, 2.75) is 76.8 Å². The molecule has 8 heteroatoms. The molecule has 0 heterocycles. The van der Waals surface area contributed by atoms with Crippen molar-refractivity contribution in [3.05, 3.63) is 0 Å². The molecule has 0 atom stereocenters. The topological polar surface area (TPSA) is 79.6 Å². The monoisotopic (exact) mass is 406 g/mol. The smallest absolute Gasteiger partial charge is 0.312 e. The lowest BCUT2D eigenvalue weighted by Gasteiger charge is -2.40. The van der Waals surface area contributed by atoms with Crippen molar-refractivity contribution in [2.75, 3.05) is 27.3 Å². The molecule has 0 radical (unpaired) electrons. The van der Waals surface area contributed by atoms with E-state index in [2.05, 4.69) is 10.7 Å². The van der Waals surface area contributed by atoms with E-state index in [1.807, 2.05) is 27.7 Å². The van der Waals surface area contributed by atoms with Crippen molar-refractivity contribution in [3.63, 3.8) is 0 Å². The van der Waals surface area contributed by atoms with Gasteiger partial charge < -0.3 is 13.6 Å². The summed E-state index contributed by atoms with van der Waals surface area (Å²) < 4.78 is 38.7. The van der Waals surface area contributed by atoms with Gasteiger partial charge in [0.1, 0.15) is 0 Å². The van der Waals surface area contributed by atoms with Crippen LogP contribution in [0.4, 0.5) is 0 Å². The maximum absolute atomic E-state index is 13.7. The predicted octanol–water partition coefficient (Wildman–Crippen LogP) is 5.34. The largest absolute Gasteiger partial charge is 0.333 e.